The number of benzene rings is 10. The van der Waals surface area contributed by atoms with Crippen molar-refractivity contribution in [2.75, 3.05) is 0 Å². The van der Waals surface area contributed by atoms with Crippen LogP contribution < -0.4 is 0 Å². The molecule has 0 saturated carbocycles. The van der Waals surface area contributed by atoms with Crippen LogP contribution in [0, 0.1) is 39.0 Å². The average molecular weight is 1010 g/mol. The summed E-state index contributed by atoms with van der Waals surface area (Å²) in [5, 5.41) is 15.1. The molecule has 0 saturated heterocycles. The number of nitrogens with zero attached hydrogens (tertiary/aromatic N) is 3. The Morgan fingerprint density at radius 2 is 0.671 bits per heavy atom. The first-order valence-electron chi connectivity index (χ1n) is 24.9. The van der Waals surface area contributed by atoms with Crippen molar-refractivity contribution < 1.29 is 26.3 Å². The zero-order valence-electron chi connectivity index (χ0n) is 41.7. The van der Waals surface area contributed by atoms with Crippen molar-refractivity contribution in [2.24, 2.45) is 0 Å². The molecule has 0 aliphatic carbocycles. The normalized spacial score (nSPS) is 12.1. The molecule has 0 bridgehead atoms. The number of nitriles is 1. The molecule has 10 aromatic carbocycles. The van der Waals surface area contributed by atoms with Crippen LogP contribution in [0.5, 0.6) is 0 Å². The lowest BCUT2D eigenvalue weighted by Gasteiger charge is -2.21. The molecule has 2 aromatic heterocycles. The molecule has 3 nitrogen and oxygen atoms in total. The molecular formula is C67H45F6N3. The zero-order valence-corrected chi connectivity index (χ0v) is 41.7. The van der Waals surface area contributed by atoms with E-state index in [-0.39, 0.29) is 28.6 Å². The quantitative estimate of drug-likeness (QED) is 0.147. The molecule has 0 unspecified atom stereocenters. The van der Waals surface area contributed by atoms with E-state index in [2.05, 4.69) is 54.6 Å². The van der Waals surface area contributed by atoms with Crippen LogP contribution in [0.4, 0.5) is 26.3 Å². The van der Waals surface area contributed by atoms with Gasteiger partial charge in [0.05, 0.1) is 44.6 Å². The Morgan fingerprint density at radius 3 is 0.961 bits per heavy atom. The molecule has 12 rings (SSSR count). The fraction of sp³-hybridized carbons (Fsp3) is 0.0896. The summed E-state index contributed by atoms with van der Waals surface area (Å²) in [6.45, 7) is 8.18. The highest BCUT2D eigenvalue weighted by Gasteiger charge is 2.39. The van der Waals surface area contributed by atoms with E-state index >= 15 is 13.2 Å². The first kappa shape index (κ1) is 47.8. The number of alkyl halides is 6. The van der Waals surface area contributed by atoms with Crippen LogP contribution in [-0.4, -0.2) is 9.13 Å². The van der Waals surface area contributed by atoms with Crippen LogP contribution in [0.2, 0.25) is 0 Å². The van der Waals surface area contributed by atoms with Gasteiger partial charge in [0.15, 0.2) is 0 Å². The summed E-state index contributed by atoms with van der Waals surface area (Å²) in [5.74, 6) is 0. The van der Waals surface area contributed by atoms with E-state index in [0.717, 1.165) is 94.4 Å². The van der Waals surface area contributed by atoms with E-state index in [1.54, 1.807) is 0 Å². The van der Waals surface area contributed by atoms with Gasteiger partial charge in [0.25, 0.3) is 0 Å². The second-order valence-corrected chi connectivity index (χ2v) is 19.6. The summed E-state index contributed by atoms with van der Waals surface area (Å²) in [4.78, 5) is 0. The third-order valence-electron chi connectivity index (χ3n) is 15.0. The number of rotatable bonds is 7. The molecule has 0 aliphatic rings. The van der Waals surface area contributed by atoms with E-state index in [1.807, 2.05) is 158 Å². The summed E-state index contributed by atoms with van der Waals surface area (Å²) in [5.41, 5.74) is 12.1. The second kappa shape index (κ2) is 18.1. The van der Waals surface area contributed by atoms with Crippen LogP contribution in [0.15, 0.2) is 200 Å². The lowest BCUT2D eigenvalue weighted by molar-refractivity contribution is -0.142. The minimum atomic E-state index is -5.19. The SMILES string of the molecule is Cc1ccccc1-c1ccc2c(c1)c1cc(-c3ccccc3C)ccc1n2-c1cc(-c2ccc(C(F)(F)F)cc2C(F)(F)F)cc(-n2c3ccc(-c4ccccc4C)cc3c3cc(-c4ccccc4C)ccc32)c1C#N. The summed E-state index contributed by atoms with van der Waals surface area (Å²) >= 11 is 0. The summed E-state index contributed by atoms with van der Waals surface area (Å²) in [7, 11) is 0. The molecule has 9 heteroatoms. The Hall–Kier alpha value is -9.13. The lowest BCUT2D eigenvalue weighted by atomic mass is 9.94. The van der Waals surface area contributed by atoms with Crippen LogP contribution in [0.1, 0.15) is 38.9 Å². The molecule has 0 fully saturated rings. The lowest BCUT2D eigenvalue weighted by Crippen LogP contribution is -2.12. The highest BCUT2D eigenvalue weighted by Crippen LogP contribution is 2.47. The maximum absolute atomic E-state index is 15.4. The van der Waals surface area contributed by atoms with Crippen molar-refractivity contribution in [3.63, 3.8) is 0 Å². The minimum Gasteiger partial charge on any atom is -0.308 e. The van der Waals surface area contributed by atoms with Gasteiger partial charge in [-0.2, -0.15) is 31.6 Å². The number of aromatic nitrogens is 2. The molecule has 370 valence electrons. The maximum Gasteiger partial charge on any atom is 0.417 e. The Morgan fingerprint density at radius 1 is 0.342 bits per heavy atom. The van der Waals surface area contributed by atoms with Crippen molar-refractivity contribution in [3.8, 4) is 73.1 Å². The molecule has 0 aliphatic heterocycles. The predicted octanol–water partition coefficient (Wildman–Crippen LogP) is 19.4. The second-order valence-electron chi connectivity index (χ2n) is 19.6. The first-order chi connectivity index (χ1) is 36.6. The fourth-order valence-corrected chi connectivity index (χ4v) is 11.3. The molecule has 0 N–H and O–H groups in total. The van der Waals surface area contributed by atoms with Crippen LogP contribution in [0.3, 0.4) is 0 Å². The van der Waals surface area contributed by atoms with E-state index in [1.165, 1.54) is 12.1 Å². The van der Waals surface area contributed by atoms with Gasteiger partial charge in [-0.1, -0.05) is 127 Å². The van der Waals surface area contributed by atoms with Crippen LogP contribution in [0.25, 0.3) is 111 Å². The topological polar surface area (TPSA) is 33.6 Å². The molecular weight excluding hydrogens is 961 g/mol. The average Bonchev–Trinajstić information content (AvgIpc) is 4.03. The zero-order chi connectivity index (χ0) is 52.8. The highest BCUT2D eigenvalue weighted by molar-refractivity contribution is 6.14. The monoisotopic (exact) mass is 1010 g/mol. The fourth-order valence-electron chi connectivity index (χ4n) is 11.3. The number of halogens is 6. The van der Waals surface area contributed by atoms with Gasteiger partial charge in [-0.15, -0.1) is 0 Å². The minimum absolute atomic E-state index is 0.0313. The molecule has 0 spiro atoms. The van der Waals surface area contributed by atoms with Crippen molar-refractivity contribution >= 4 is 43.6 Å². The largest absolute Gasteiger partial charge is 0.417 e. The Bertz CT molecular complexity index is 3950. The van der Waals surface area contributed by atoms with E-state index in [9.17, 15) is 18.4 Å². The van der Waals surface area contributed by atoms with Gasteiger partial charge in [0.1, 0.15) is 11.6 Å². The van der Waals surface area contributed by atoms with Gasteiger partial charge in [0, 0.05) is 21.5 Å². The highest BCUT2D eigenvalue weighted by atomic mass is 19.4. The molecule has 76 heavy (non-hydrogen) atoms. The Kier molecular flexibility index (Phi) is 11.4. The van der Waals surface area contributed by atoms with Crippen LogP contribution >= 0.6 is 0 Å². The summed E-state index contributed by atoms with van der Waals surface area (Å²) in [6, 6.07) is 63.9. The van der Waals surface area contributed by atoms with E-state index in [0.29, 0.717) is 28.1 Å². The third-order valence-corrected chi connectivity index (χ3v) is 15.0. The van der Waals surface area contributed by atoms with Gasteiger partial charge < -0.3 is 9.13 Å². The van der Waals surface area contributed by atoms with Gasteiger partial charge in [-0.3, -0.25) is 0 Å². The maximum atomic E-state index is 15.4. The number of aryl methyl sites for hydroxylation is 4. The van der Waals surface area contributed by atoms with Gasteiger partial charge >= 0.3 is 12.4 Å². The number of fused-ring (bicyclic) bond motifs is 6. The van der Waals surface area contributed by atoms with Crippen molar-refractivity contribution in [2.45, 2.75) is 40.0 Å². The van der Waals surface area contributed by atoms with Gasteiger partial charge in [-0.25, -0.2) is 0 Å². The molecule has 0 amide bonds. The van der Waals surface area contributed by atoms with Crippen LogP contribution in [-0.2, 0) is 12.4 Å². The molecule has 0 radical (unpaired) electrons. The molecule has 2 heterocycles. The standard InChI is InChI=1S/C67H45F6N3/c1-39-13-5-9-17-49(39)43-21-27-60-54(31-43)55-32-44(50-18-10-6-14-40(50)2)22-28-61(55)75(60)64-35-47(53-26-25-48(66(68,69)70)37-59(53)67(71,72)73)36-65(58(64)38-74)76-62-29-23-45(51-19-11-7-15-41(51)3)33-56(62)57-34-46(24-30-63(57)76)52-20-12-8-16-42(52)4/h5-37H,1-4H3. The number of hydrogen-bond acceptors (Lipinski definition) is 1. The summed E-state index contributed by atoms with van der Waals surface area (Å²) < 4.78 is 93.0. The Balaban J connectivity index is 1.22. The van der Waals surface area contributed by atoms with Crippen molar-refractivity contribution in [1.82, 2.24) is 9.13 Å². The van der Waals surface area contributed by atoms with Gasteiger partial charge in [0.2, 0.25) is 0 Å². The third kappa shape index (κ3) is 8.00. The summed E-state index contributed by atoms with van der Waals surface area (Å²) in [6.07, 6.45) is -10.2. The number of hydrogen-bond donors (Lipinski definition) is 0. The van der Waals surface area contributed by atoms with Crippen molar-refractivity contribution in [1.29, 1.82) is 5.26 Å². The Labute approximate surface area is 434 Å². The molecule has 0 atom stereocenters. The predicted molar refractivity (Wildman–Crippen MR) is 296 cm³/mol. The van der Waals surface area contributed by atoms with E-state index < -0.39 is 29.0 Å². The van der Waals surface area contributed by atoms with E-state index in [4.69, 9.17) is 0 Å². The molecule has 12 aromatic rings. The van der Waals surface area contributed by atoms with Crippen molar-refractivity contribution in [3.05, 3.63) is 239 Å². The van der Waals surface area contributed by atoms with Gasteiger partial charge in [-0.05, 0) is 178 Å². The smallest absolute Gasteiger partial charge is 0.308 e. The first-order valence-corrected chi connectivity index (χ1v) is 24.9.